The van der Waals surface area contributed by atoms with Crippen molar-refractivity contribution in [3.8, 4) is 0 Å². The van der Waals surface area contributed by atoms with Gasteiger partial charge in [0.25, 0.3) is 5.91 Å². The molecular weight excluding hydrogens is 304 g/mol. The van der Waals surface area contributed by atoms with E-state index >= 15 is 0 Å². The minimum atomic E-state index is -0.239. The summed E-state index contributed by atoms with van der Waals surface area (Å²) < 4.78 is 1.82. The molecule has 0 spiro atoms. The first-order chi connectivity index (χ1) is 11.6. The molecule has 0 radical (unpaired) electrons. The highest BCUT2D eigenvalue weighted by Gasteiger charge is 2.35. The number of aryl methyl sites for hydroxylation is 1. The highest BCUT2D eigenvalue weighted by Crippen LogP contribution is 2.32. The van der Waals surface area contributed by atoms with E-state index in [1.165, 1.54) is 0 Å². The van der Waals surface area contributed by atoms with Gasteiger partial charge in [-0.15, -0.1) is 0 Å². The lowest BCUT2D eigenvalue weighted by molar-refractivity contribution is 0.0239. The fraction of sp³-hybridized carbons (Fsp3) is 0.500. The predicted octanol–water partition coefficient (Wildman–Crippen LogP) is 1.72. The predicted molar refractivity (Wildman–Crippen MR) is 90.6 cm³/mol. The normalized spacial score (nSPS) is 21.1. The van der Waals surface area contributed by atoms with Crippen LogP contribution in [0.25, 0.3) is 0 Å². The van der Waals surface area contributed by atoms with Crippen molar-refractivity contribution >= 4 is 5.91 Å². The van der Waals surface area contributed by atoms with E-state index in [2.05, 4.69) is 15.4 Å². The van der Waals surface area contributed by atoms with Crippen molar-refractivity contribution in [2.75, 3.05) is 0 Å². The molecule has 1 aliphatic rings. The number of carbonyl (C=O) groups is 1. The zero-order valence-electron chi connectivity index (χ0n) is 14.1. The van der Waals surface area contributed by atoms with Crippen LogP contribution < -0.4 is 5.32 Å². The summed E-state index contributed by atoms with van der Waals surface area (Å²) in [5.41, 5.74) is 2.64. The molecule has 6 heteroatoms. The van der Waals surface area contributed by atoms with E-state index in [4.69, 9.17) is 0 Å². The van der Waals surface area contributed by atoms with E-state index in [1.54, 1.807) is 18.6 Å². The van der Waals surface area contributed by atoms with E-state index in [-0.39, 0.29) is 18.1 Å². The quantitative estimate of drug-likeness (QED) is 0.846. The molecule has 0 unspecified atom stereocenters. The second-order valence-electron chi connectivity index (χ2n) is 6.48. The summed E-state index contributed by atoms with van der Waals surface area (Å²) in [5.74, 6) is 0.214. The van der Waals surface area contributed by atoms with Crippen LogP contribution in [0.3, 0.4) is 0 Å². The van der Waals surface area contributed by atoms with Crippen molar-refractivity contribution in [3.63, 3.8) is 0 Å². The zero-order valence-corrected chi connectivity index (χ0v) is 14.1. The Labute approximate surface area is 141 Å². The highest BCUT2D eigenvalue weighted by molar-refractivity contribution is 5.95. The van der Waals surface area contributed by atoms with E-state index in [9.17, 15) is 9.90 Å². The first-order valence-electron chi connectivity index (χ1n) is 8.48. The topological polar surface area (TPSA) is 80.0 Å². The summed E-state index contributed by atoms with van der Waals surface area (Å²) in [5, 5.41) is 17.0. The third kappa shape index (κ3) is 3.48. The fourth-order valence-corrected chi connectivity index (χ4v) is 3.30. The van der Waals surface area contributed by atoms with Crippen LogP contribution in [0.15, 0.2) is 30.7 Å². The van der Waals surface area contributed by atoms with Gasteiger partial charge in [0.1, 0.15) is 0 Å². The second kappa shape index (κ2) is 7.13. The van der Waals surface area contributed by atoms with E-state index in [0.29, 0.717) is 11.5 Å². The van der Waals surface area contributed by atoms with Gasteiger partial charge in [0.05, 0.1) is 17.9 Å². The molecule has 6 nitrogen and oxygen atoms in total. The van der Waals surface area contributed by atoms with Crippen LogP contribution in [0.5, 0.6) is 0 Å². The van der Waals surface area contributed by atoms with Crippen LogP contribution in [-0.2, 0) is 13.0 Å². The largest absolute Gasteiger partial charge is 0.393 e. The lowest BCUT2D eigenvalue weighted by atomic mass is 9.75. The monoisotopic (exact) mass is 328 g/mol. The lowest BCUT2D eigenvalue weighted by Gasteiger charge is -2.38. The molecule has 2 aromatic heterocycles. The summed E-state index contributed by atoms with van der Waals surface area (Å²) in [6.45, 7) is 4.66. The number of amides is 1. The maximum atomic E-state index is 12.7. The van der Waals surface area contributed by atoms with Crippen LogP contribution in [0.1, 0.15) is 41.4 Å². The number of hydrogen-bond acceptors (Lipinski definition) is 4. The molecule has 2 N–H and O–H groups in total. The van der Waals surface area contributed by atoms with Crippen LogP contribution >= 0.6 is 0 Å². The van der Waals surface area contributed by atoms with Crippen molar-refractivity contribution in [3.05, 3.63) is 47.5 Å². The minimum Gasteiger partial charge on any atom is -0.393 e. The first-order valence-corrected chi connectivity index (χ1v) is 8.48. The van der Waals surface area contributed by atoms with Gasteiger partial charge in [-0.3, -0.25) is 14.5 Å². The number of nitrogens with zero attached hydrogens (tertiary/aromatic N) is 3. The number of aliphatic hydroxyl groups is 1. The molecule has 2 aromatic rings. The van der Waals surface area contributed by atoms with E-state index in [1.807, 2.05) is 30.7 Å². The Morgan fingerprint density at radius 3 is 2.71 bits per heavy atom. The van der Waals surface area contributed by atoms with Gasteiger partial charge in [-0.1, -0.05) is 0 Å². The molecule has 0 bridgehead atoms. The molecule has 3 rings (SSSR count). The molecule has 1 fully saturated rings. The highest BCUT2D eigenvalue weighted by atomic mass is 16.3. The number of aliphatic hydroxyl groups excluding tert-OH is 1. The van der Waals surface area contributed by atoms with E-state index in [0.717, 1.165) is 37.1 Å². The molecule has 1 aliphatic carbocycles. The molecule has 0 aliphatic heterocycles. The second-order valence-corrected chi connectivity index (χ2v) is 6.48. The average Bonchev–Trinajstić information content (AvgIpc) is 2.93. The minimum absolute atomic E-state index is 0.00711. The first kappa shape index (κ1) is 16.6. The van der Waals surface area contributed by atoms with Gasteiger partial charge < -0.3 is 10.4 Å². The molecule has 1 saturated carbocycles. The number of nitrogens with one attached hydrogen (secondary N) is 1. The molecule has 2 heterocycles. The van der Waals surface area contributed by atoms with Crippen molar-refractivity contribution in [1.29, 1.82) is 0 Å². The molecule has 0 aromatic carbocycles. The Balaban J connectivity index is 1.73. The Hall–Kier alpha value is -2.21. The standard InChI is InChI=1S/C18H24N4O2/c1-3-22-12(2)16(11-20-22)18(24)21-17(14-9-15(23)10-14)8-13-4-6-19-7-5-13/h4-7,11,14-15,17,23H,3,8-10H2,1-2H3,(H,21,24)/t14?,15?,17-/m1/s1. The molecule has 0 saturated heterocycles. The third-order valence-electron chi connectivity index (χ3n) is 4.89. The Morgan fingerprint density at radius 1 is 1.42 bits per heavy atom. The smallest absolute Gasteiger partial charge is 0.254 e. The molecule has 1 atom stereocenters. The van der Waals surface area contributed by atoms with Gasteiger partial charge in [0, 0.05) is 30.7 Å². The zero-order chi connectivity index (χ0) is 17.1. The molecule has 1 amide bonds. The maximum absolute atomic E-state index is 12.7. The van der Waals surface area contributed by atoms with Crippen molar-refractivity contribution in [2.45, 2.75) is 51.8 Å². The fourth-order valence-electron chi connectivity index (χ4n) is 3.30. The summed E-state index contributed by atoms with van der Waals surface area (Å²) >= 11 is 0. The number of carbonyl (C=O) groups excluding carboxylic acids is 1. The Kier molecular flexibility index (Phi) is 4.94. The summed E-state index contributed by atoms with van der Waals surface area (Å²) in [6, 6.07) is 3.94. The number of aromatic nitrogens is 3. The average molecular weight is 328 g/mol. The van der Waals surface area contributed by atoms with Gasteiger partial charge in [-0.05, 0) is 56.7 Å². The van der Waals surface area contributed by atoms with Crippen molar-refractivity contribution in [2.24, 2.45) is 5.92 Å². The van der Waals surface area contributed by atoms with Gasteiger partial charge in [0.2, 0.25) is 0 Å². The van der Waals surface area contributed by atoms with Gasteiger partial charge >= 0.3 is 0 Å². The van der Waals surface area contributed by atoms with Crippen molar-refractivity contribution in [1.82, 2.24) is 20.1 Å². The van der Waals surface area contributed by atoms with Crippen molar-refractivity contribution < 1.29 is 9.90 Å². The van der Waals surface area contributed by atoms with Crippen LogP contribution in [0.2, 0.25) is 0 Å². The number of rotatable bonds is 6. The summed E-state index contributed by atoms with van der Waals surface area (Å²) in [4.78, 5) is 16.7. The van der Waals surface area contributed by atoms with Crippen LogP contribution in [0, 0.1) is 12.8 Å². The Morgan fingerprint density at radius 2 is 2.12 bits per heavy atom. The third-order valence-corrected chi connectivity index (χ3v) is 4.89. The summed E-state index contributed by atoms with van der Waals surface area (Å²) in [6.07, 6.45) is 7.14. The SMILES string of the molecule is CCn1ncc(C(=O)N[C@H](Cc2ccncc2)C2CC(O)C2)c1C. The molecule has 24 heavy (non-hydrogen) atoms. The van der Waals surface area contributed by atoms with Crippen LogP contribution in [-0.4, -0.2) is 37.9 Å². The number of pyridine rings is 1. The van der Waals surface area contributed by atoms with E-state index < -0.39 is 0 Å². The van der Waals surface area contributed by atoms with Gasteiger partial charge in [0.15, 0.2) is 0 Å². The van der Waals surface area contributed by atoms with Gasteiger partial charge in [-0.2, -0.15) is 5.10 Å². The summed E-state index contributed by atoms with van der Waals surface area (Å²) in [7, 11) is 0. The number of hydrogen-bond donors (Lipinski definition) is 2. The Bertz CT molecular complexity index is 692. The van der Waals surface area contributed by atoms with Crippen LogP contribution in [0.4, 0.5) is 0 Å². The van der Waals surface area contributed by atoms with Gasteiger partial charge in [-0.25, -0.2) is 0 Å². The molecular formula is C18H24N4O2. The lowest BCUT2D eigenvalue weighted by Crippen LogP contribution is -2.48. The maximum Gasteiger partial charge on any atom is 0.254 e. The molecule has 128 valence electrons.